The Kier molecular flexibility index (Phi) is 11.9. The second kappa shape index (κ2) is 16.1. The molecule has 23 heteroatoms. The van der Waals surface area contributed by atoms with Crippen LogP contribution in [0.25, 0.3) is 0 Å². The van der Waals surface area contributed by atoms with Crippen molar-refractivity contribution in [3.63, 3.8) is 0 Å². The molecule has 1 aliphatic heterocycles. The minimum absolute atomic E-state index is 0.192. The minimum atomic E-state index is -7.29. The number of alkyl halides is 1. The molecule has 0 radical (unpaired) electrons. The summed E-state index contributed by atoms with van der Waals surface area (Å²) in [4.78, 5) is 0. The molecule has 6 rings (SSSR count). The summed E-state index contributed by atoms with van der Waals surface area (Å²) in [6, 6.07) is 16.0. The van der Waals surface area contributed by atoms with E-state index in [1.807, 2.05) is 42.7 Å². The van der Waals surface area contributed by atoms with E-state index in [2.05, 4.69) is 22.8 Å². The summed E-state index contributed by atoms with van der Waals surface area (Å²) in [5.74, 6) is -62.1. The van der Waals surface area contributed by atoms with Crippen LogP contribution in [0.4, 0.5) is 83.4 Å². The second-order valence-corrected chi connectivity index (χ2v) is 12.2. The first kappa shape index (κ1) is 43.7. The van der Waals surface area contributed by atoms with E-state index in [-0.39, 0.29) is 5.32 Å². The maximum absolute atomic E-state index is 17.0. The molecule has 0 aliphatic carbocycles. The van der Waals surface area contributed by atoms with Crippen LogP contribution in [0, 0.1) is 98.6 Å². The van der Waals surface area contributed by atoms with E-state index in [0.29, 0.717) is 5.56 Å². The molecule has 0 spiro atoms. The van der Waals surface area contributed by atoms with E-state index in [4.69, 9.17) is 5.26 Å². The standard InChI is InChI=1S/C23H2BF19N.C13H11N2/c25-2-1-3(26)23(43,44-22(2)42)24(4-7(27)13(33)19(39)14(34)8(4)28,5-9(29)15(35)20(40)16(36)10(5)30)6-11(31)17(37)21(41)18(38)12(6)32;14-10-12-6-8-15(9-7-12)11-13-4-2-1-3-5-13/h1,44H;1-9H,11H2/q-1;+1. The molecule has 0 saturated carbocycles. The van der Waals surface area contributed by atoms with Gasteiger partial charge in [-0.05, 0) is 0 Å². The molecule has 1 atom stereocenters. The fourth-order valence-corrected chi connectivity index (χ4v) is 6.34. The molecule has 0 saturated heterocycles. The molecule has 0 amide bonds. The number of dihydropyridines is 1. The smallest absolute Gasteiger partial charge is 0.223 e. The van der Waals surface area contributed by atoms with Crippen molar-refractivity contribution >= 4 is 22.5 Å². The maximum atomic E-state index is 17.0. The lowest BCUT2D eigenvalue weighted by atomic mass is 9.10. The van der Waals surface area contributed by atoms with Gasteiger partial charge in [0.1, 0.15) is 46.4 Å². The van der Waals surface area contributed by atoms with E-state index >= 15 is 35.1 Å². The summed E-state index contributed by atoms with van der Waals surface area (Å²) in [7, 11) is 0. The number of nitriles is 1. The Balaban J connectivity index is 0.000000367. The lowest BCUT2D eigenvalue weighted by Crippen LogP contribution is -2.86. The molecule has 1 unspecified atom stereocenters. The number of hydrogen-bond acceptors (Lipinski definition) is 2. The predicted molar refractivity (Wildman–Crippen MR) is 166 cm³/mol. The first-order valence-corrected chi connectivity index (χ1v) is 15.6. The zero-order valence-corrected chi connectivity index (χ0v) is 28.1. The number of hydrogen-bond donors (Lipinski definition) is 1. The molecule has 5 aromatic rings. The fraction of sp³-hybridized carbons (Fsp3) is 0.0556. The Hall–Kier alpha value is -6.47. The quantitative estimate of drug-likeness (QED) is 0.0472. The third-order valence-electron chi connectivity index (χ3n) is 8.96. The molecule has 2 heterocycles. The lowest BCUT2D eigenvalue weighted by Gasteiger charge is -2.53. The largest absolute Gasteiger partial charge is 0.352 e. The Labute approximate surface area is 316 Å². The minimum Gasteiger partial charge on any atom is -0.352 e. The van der Waals surface area contributed by atoms with Crippen LogP contribution < -0.4 is 26.3 Å². The molecule has 0 bridgehead atoms. The van der Waals surface area contributed by atoms with Crippen molar-refractivity contribution in [3.05, 3.63) is 177 Å². The van der Waals surface area contributed by atoms with E-state index < -0.39 is 139 Å². The summed E-state index contributed by atoms with van der Waals surface area (Å²) >= 11 is 0. The number of halogens is 19. The average molecular weight is 859 g/mol. The van der Waals surface area contributed by atoms with Gasteiger partial charge in [0.15, 0.2) is 83.3 Å². The molecular weight excluding hydrogens is 846 g/mol. The van der Waals surface area contributed by atoms with E-state index in [0.717, 1.165) is 6.54 Å². The third-order valence-corrected chi connectivity index (χ3v) is 8.96. The van der Waals surface area contributed by atoms with Crippen LogP contribution in [0.15, 0.2) is 78.5 Å². The van der Waals surface area contributed by atoms with Crippen LogP contribution in [-0.4, -0.2) is 11.8 Å². The van der Waals surface area contributed by atoms with Crippen LogP contribution in [0.3, 0.4) is 0 Å². The van der Waals surface area contributed by atoms with Crippen LogP contribution in [-0.2, 0) is 6.54 Å². The Morgan fingerprint density at radius 3 is 1.19 bits per heavy atom. The van der Waals surface area contributed by atoms with Crippen molar-refractivity contribution in [1.82, 2.24) is 5.32 Å². The molecule has 1 aromatic heterocycles. The highest BCUT2D eigenvalue weighted by atomic mass is 19.2. The molecular formula is C36H13BF19N3. The number of benzene rings is 4. The summed E-state index contributed by atoms with van der Waals surface area (Å²) in [5, 5.41) is 8.85. The Bertz CT molecular complexity index is 2370. The molecule has 4 aromatic carbocycles. The van der Waals surface area contributed by atoms with Gasteiger partial charge in [-0.1, -0.05) is 30.3 Å². The highest BCUT2D eigenvalue weighted by molar-refractivity contribution is 7.14. The Morgan fingerprint density at radius 2 is 0.847 bits per heavy atom. The highest BCUT2D eigenvalue weighted by Gasteiger charge is 2.63. The first-order chi connectivity index (χ1) is 27.6. The molecule has 1 aliphatic rings. The molecule has 1 N–H and O–H groups in total. The van der Waals surface area contributed by atoms with Crippen LogP contribution in [0.5, 0.6) is 0 Å². The van der Waals surface area contributed by atoms with Crippen molar-refractivity contribution in [2.24, 2.45) is 0 Å². The van der Waals surface area contributed by atoms with Crippen LogP contribution in [0.2, 0.25) is 0 Å². The van der Waals surface area contributed by atoms with Crippen LogP contribution in [0.1, 0.15) is 11.1 Å². The van der Waals surface area contributed by atoms with Crippen molar-refractivity contribution in [3.8, 4) is 6.07 Å². The monoisotopic (exact) mass is 859 g/mol. The maximum Gasteiger partial charge on any atom is 0.223 e. The lowest BCUT2D eigenvalue weighted by molar-refractivity contribution is -0.688. The van der Waals surface area contributed by atoms with E-state index in [9.17, 15) is 48.3 Å². The van der Waals surface area contributed by atoms with Gasteiger partial charge in [-0.15, -0.1) is 16.4 Å². The number of rotatable bonds is 6. The van der Waals surface area contributed by atoms with Gasteiger partial charge in [0, 0.05) is 23.8 Å². The third kappa shape index (κ3) is 6.88. The number of nitrogens with zero attached hydrogens (tertiary/aromatic N) is 2. The molecule has 0 fully saturated rings. The summed E-state index contributed by atoms with van der Waals surface area (Å²) < 4.78 is 283. The SMILES string of the molecule is FC1=CC(F)=C(F)NC1(F)[B-](c1c(F)c(F)c(F)c(F)c1F)(c1c(F)c(F)c(F)c(F)c1F)c1c(F)c(F)c(F)c(F)c1F.N#Cc1cc[n+](Cc2ccccc2)cc1. The molecule has 59 heavy (non-hydrogen) atoms. The summed E-state index contributed by atoms with van der Waals surface area (Å²) in [5.41, 5.74) is -14.7. The van der Waals surface area contributed by atoms with Crippen molar-refractivity contribution < 1.29 is 88.0 Å². The van der Waals surface area contributed by atoms with Gasteiger partial charge >= 0.3 is 0 Å². The van der Waals surface area contributed by atoms with Crippen molar-refractivity contribution in [1.29, 1.82) is 5.26 Å². The summed E-state index contributed by atoms with van der Waals surface area (Å²) in [6.07, 6.45) is -4.57. The number of aromatic nitrogens is 1. The van der Waals surface area contributed by atoms with Crippen molar-refractivity contribution in [2.75, 3.05) is 0 Å². The van der Waals surface area contributed by atoms with Gasteiger partial charge in [-0.25, -0.2) is 79.2 Å². The fourth-order valence-electron chi connectivity index (χ4n) is 6.34. The zero-order chi connectivity index (χ0) is 44.0. The number of pyridine rings is 1. The van der Waals surface area contributed by atoms with Gasteiger partial charge in [-0.3, -0.25) is 4.39 Å². The van der Waals surface area contributed by atoms with Gasteiger partial charge < -0.3 is 5.32 Å². The van der Waals surface area contributed by atoms with E-state index in [1.54, 1.807) is 0 Å². The number of nitrogens with one attached hydrogen (secondary N) is 1. The topological polar surface area (TPSA) is 39.7 Å². The van der Waals surface area contributed by atoms with Crippen LogP contribution >= 0.6 is 0 Å². The van der Waals surface area contributed by atoms with Gasteiger partial charge in [0.2, 0.25) is 5.95 Å². The van der Waals surface area contributed by atoms with Crippen molar-refractivity contribution in [2.45, 2.75) is 12.2 Å². The zero-order valence-electron chi connectivity index (χ0n) is 28.1. The summed E-state index contributed by atoms with van der Waals surface area (Å²) in [6.45, 7) is 0.840. The molecule has 3 nitrogen and oxygen atoms in total. The highest BCUT2D eigenvalue weighted by Crippen LogP contribution is 2.41. The number of allylic oxidation sites excluding steroid dienone is 2. The molecule has 308 valence electrons. The average Bonchev–Trinajstić information content (AvgIpc) is 3.22. The second-order valence-electron chi connectivity index (χ2n) is 12.2. The predicted octanol–water partition coefficient (Wildman–Crippen LogP) is 7.91. The normalized spacial score (nSPS) is 15.3. The van der Waals surface area contributed by atoms with Gasteiger partial charge in [0.25, 0.3) is 0 Å². The van der Waals surface area contributed by atoms with Gasteiger partial charge in [-0.2, -0.15) is 9.65 Å². The first-order valence-electron chi connectivity index (χ1n) is 15.6. The Morgan fingerprint density at radius 1 is 0.508 bits per heavy atom. The van der Waals surface area contributed by atoms with E-state index in [1.165, 1.54) is 5.56 Å². The van der Waals surface area contributed by atoms with Gasteiger partial charge in [0.05, 0.1) is 11.6 Å².